The van der Waals surface area contributed by atoms with E-state index < -0.39 is 0 Å². The molecular formula is C13H17N3O. The van der Waals surface area contributed by atoms with Crippen molar-refractivity contribution in [1.29, 1.82) is 0 Å². The van der Waals surface area contributed by atoms with Crippen LogP contribution in [-0.2, 0) is 7.05 Å². The summed E-state index contributed by atoms with van der Waals surface area (Å²) in [5, 5.41) is 4.02. The van der Waals surface area contributed by atoms with Crippen LogP contribution in [0.1, 0.15) is 29.8 Å². The SMILES string of the molecule is Cn1cccc1C(=O)NN=CC1CC=CCC1. The zero-order chi connectivity index (χ0) is 12.1. The van der Waals surface area contributed by atoms with E-state index in [-0.39, 0.29) is 5.91 Å². The highest BCUT2D eigenvalue weighted by Crippen LogP contribution is 2.15. The first-order valence-electron chi connectivity index (χ1n) is 5.87. The lowest BCUT2D eigenvalue weighted by Crippen LogP contribution is -2.21. The molecule has 90 valence electrons. The number of hydrazone groups is 1. The fraction of sp³-hybridized carbons (Fsp3) is 0.385. The van der Waals surface area contributed by atoms with E-state index in [1.807, 2.05) is 25.5 Å². The minimum atomic E-state index is -0.167. The largest absolute Gasteiger partial charge is 0.347 e. The molecule has 0 saturated carbocycles. The molecule has 0 radical (unpaired) electrons. The van der Waals surface area contributed by atoms with Crippen LogP contribution in [0.2, 0.25) is 0 Å². The predicted molar refractivity (Wildman–Crippen MR) is 67.9 cm³/mol. The van der Waals surface area contributed by atoms with Crippen molar-refractivity contribution >= 4 is 12.1 Å². The van der Waals surface area contributed by atoms with E-state index in [0.29, 0.717) is 11.6 Å². The summed E-state index contributed by atoms with van der Waals surface area (Å²) in [5.41, 5.74) is 3.18. The molecule has 2 rings (SSSR count). The Morgan fingerprint density at radius 3 is 3.12 bits per heavy atom. The number of rotatable bonds is 3. The Bertz CT molecular complexity index is 445. The maximum absolute atomic E-state index is 11.7. The molecule has 1 atom stereocenters. The average Bonchev–Trinajstić information content (AvgIpc) is 2.77. The quantitative estimate of drug-likeness (QED) is 0.483. The number of carbonyl (C=O) groups is 1. The van der Waals surface area contributed by atoms with Crippen LogP contribution in [0.5, 0.6) is 0 Å². The van der Waals surface area contributed by atoms with Gasteiger partial charge in [-0.3, -0.25) is 4.79 Å². The number of nitrogens with one attached hydrogen (secondary N) is 1. The zero-order valence-corrected chi connectivity index (χ0v) is 9.97. The van der Waals surface area contributed by atoms with Crippen molar-refractivity contribution in [2.45, 2.75) is 19.3 Å². The van der Waals surface area contributed by atoms with Gasteiger partial charge in [0.25, 0.3) is 5.91 Å². The van der Waals surface area contributed by atoms with Gasteiger partial charge in [-0.1, -0.05) is 12.2 Å². The Labute approximate surface area is 101 Å². The summed E-state index contributed by atoms with van der Waals surface area (Å²) < 4.78 is 1.77. The Kier molecular flexibility index (Phi) is 3.75. The fourth-order valence-corrected chi connectivity index (χ4v) is 1.91. The van der Waals surface area contributed by atoms with Gasteiger partial charge in [0.05, 0.1) is 0 Å². The van der Waals surface area contributed by atoms with Crippen LogP contribution in [0, 0.1) is 5.92 Å². The number of hydrogen-bond donors (Lipinski definition) is 1. The van der Waals surface area contributed by atoms with E-state index in [9.17, 15) is 4.79 Å². The van der Waals surface area contributed by atoms with Crippen LogP contribution < -0.4 is 5.43 Å². The summed E-state index contributed by atoms with van der Waals surface area (Å²) in [6.07, 6.45) is 11.3. The van der Waals surface area contributed by atoms with Gasteiger partial charge in [-0.25, -0.2) is 5.43 Å². The molecule has 0 aliphatic heterocycles. The van der Waals surface area contributed by atoms with Gasteiger partial charge in [-0.05, 0) is 37.3 Å². The molecule has 0 aromatic carbocycles. The molecule has 1 amide bonds. The highest BCUT2D eigenvalue weighted by atomic mass is 16.2. The van der Waals surface area contributed by atoms with E-state index in [4.69, 9.17) is 0 Å². The molecule has 1 heterocycles. The summed E-state index contributed by atoms with van der Waals surface area (Å²) in [6, 6.07) is 3.61. The first kappa shape index (κ1) is 11.6. The molecule has 1 aromatic heterocycles. The van der Waals surface area contributed by atoms with Crippen molar-refractivity contribution in [2.24, 2.45) is 18.1 Å². The highest BCUT2D eigenvalue weighted by Gasteiger charge is 2.08. The maximum Gasteiger partial charge on any atom is 0.287 e. The van der Waals surface area contributed by atoms with Crippen LogP contribution in [0.15, 0.2) is 35.6 Å². The molecule has 1 unspecified atom stereocenters. The van der Waals surface area contributed by atoms with Gasteiger partial charge < -0.3 is 4.57 Å². The molecule has 4 nitrogen and oxygen atoms in total. The third-order valence-corrected chi connectivity index (χ3v) is 2.94. The monoisotopic (exact) mass is 231 g/mol. The van der Waals surface area contributed by atoms with Crippen molar-refractivity contribution in [3.63, 3.8) is 0 Å². The average molecular weight is 231 g/mol. The van der Waals surface area contributed by atoms with Crippen LogP contribution >= 0.6 is 0 Å². The van der Waals surface area contributed by atoms with Crippen molar-refractivity contribution in [1.82, 2.24) is 9.99 Å². The van der Waals surface area contributed by atoms with Gasteiger partial charge in [-0.2, -0.15) is 5.10 Å². The topological polar surface area (TPSA) is 46.4 Å². The van der Waals surface area contributed by atoms with Gasteiger partial charge in [-0.15, -0.1) is 0 Å². The Morgan fingerprint density at radius 1 is 1.59 bits per heavy atom. The number of nitrogens with zero attached hydrogens (tertiary/aromatic N) is 2. The van der Waals surface area contributed by atoms with Crippen molar-refractivity contribution in [2.75, 3.05) is 0 Å². The number of hydrogen-bond acceptors (Lipinski definition) is 2. The molecular weight excluding hydrogens is 214 g/mol. The van der Waals surface area contributed by atoms with Crippen molar-refractivity contribution in [3.8, 4) is 0 Å². The van der Waals surface area contributed by atoms with Gasteiger partial charge in [0.1, 0.15) is 5.69 Å². The van der Waals surface area contributed by atoms with Crippen LogP contribution in [-0.4, -0.2) is 16.7 Å². The smallest absolute Gasteiger partial charge is 0.287 e. The summed E-state index contributed by atoms with van der Waals surface area (Å²) in [5.74, 6) is 0.286. The minimum absolute atomic E-state index is 0.167. The van der Waals surface area contributed by atoms with Crippen molar-refractivity contribution < 1.29 is 4.79 Å². The normalized spacial score (nSPS) is 19.7. The summed E-state index contributed by atoms with van der Waals surface area (Å²) in [7, 11) is 1.84. The second-order valence-electron chi connectivity index (χ2n) is 4.27. The van der Waals surface area contributed by atoms with Crippen molar-refractivity contribution in [3.05, 3.63) is 36.2 Å². The zero-order valence-electron chi connectivity index (χ0n) is 9.97. The summed E-state index contributed by atoms with van der Waals surface area (Å²) >= 11 is 0. The number of carbonyl (C=O) groups excluding carboxylic acids is 1. The Balaban J connectivity index is 1.86. The Morgan fingerprint density at radius 2 is 2.47 bits per heavy atom. The molecule has 1 aromatic rings. The van der Waals surface area contributed by atoms with Crippen LogP contribution in [0.25, 0.3) is 0 Å². The number of aromatic nitrogens is 1. The second-order valence-corrected chi connectivity index (χ2v) is 4.27. The van der Waals surface area contributed by atoms with Gasteiger partial charge >= 0.3 is 0 Å². The van der Waals surface area contributed by atoms with Crippen LogP contribution in [0.4, 0.5) is 0 Å². The highest BCUT2D eigenvalue weighted by molar-refractivity contribution is 5.92. The van der Waals surface area contributed by atoms with E-state index in [0.717, 1.165) is 19.3 Å². The van der Waals surface area contributed by atoms with Gasteiger partial charge in [0, 0.05) is 19.5 Å². The van der Waals surface area contributed by atoms with Gasteiger partial charge in [0.2, 0.25) is 0 Å². The summed E-state index contributed by atoms with van der Waals surface area (Å²) in [6.45, 7) is 0. The third-order valence-electron chi connectivity index (χ3n) is 2.94. The molecule has 0 fully saturated rings. The fourth-order valence-electron chi connectivity index (χ4n) is 1.91. The molecule has 1 aliphatic rings. The number of allylic oxidation sites excluding steroid dienone is 2. The molecule has 1 N–H and O–H groups in total. The van der Waals surface area contributed by atoms with E-state index >= 15 is 0 Å². The lowest BCUT2D eigenvalue weighted by molar-refractivity contribution is 0.0947. The predicted octanol–water partition coefficient (Wildman–Crippen LogP) is 2.10. The minimum Gasteiger partial charge on any atom is -0.347 e. The maximum atomic E-state index is 11.7. The molecule has 4 heteroatoms. The molecule has 0 saturated heterocycles. The lowest BCUT2D eigenvalue weighted by Gasteiger charge is -2.11. The molecule has 1 aliphatic carbocycles. The second kappa shape index (κ2) is 5.48. The third kappa shape index (κ3) is 3.06. The first-order chi connectivity index (χ1) is 8.27. The van der Waals surface area contributed by atoms with Crippen LogP contribution in [0.3, 0.4) is 0 Å². The standard InChI is InChI=1S/C13H17N3O/c1-16-9-5-8-12(16)13(17)15-14-10-11-6-3-2-4-7-11/h2-3,5,8-11H,4,6-7H2,1H3,(H,15,17). The number of aryl methyl sites for hydroxylation is 1. The van der Waals surface area contributed by atoms with Gasteiger partial charge in [0.15, 0.2) is 0 Å². The molecule has 0 bridgehead atoms. The lowest BCUT2D eigenvalue weighted by atomic mass is 9.96. The number of amides is 1. The molecule has 17 heavy (non-hydrogen) atoms. The van der Waals surface area contributed by atoms with E-state index in [1.54, 1.807) is 10.6 Å². The van der Waals surface area contributed by atoms with E-state index in [2.05, 4.69) is 22.7 Å². The molecule has 0 spiro atoms. The first-order valence-corrected chi connectivity index (χ1v) is 5.87. The van der Waals surface area contributed by atoms with E-state index in [1.165, 1.54) is 0 Å². The summed E-state index contributed by atoms with van der Waals surface area (Å²) in [4.78, 5) is 11.7. The Hall–Kier alpha value is -1.84.